The van der Waals surface area contributed by atoms with Crippen molar-refractivity contribution >= 4 is 17.8 Å². The molecule has 11 heteroatoms. The molecule has 38 heavy (non-hydrogen) atoms. The molecule has 0 unspecified atom stereocenters. The first-order valence-electron chi connectivity index (χ1n) is 12.5. The molecule has 202 valence electrons. The van der Waals surface area contributed by atoms with E-state index in [1.807, 2.05) is 36.9 Å². The summed E-state index contributed by atoms with van der Waals surface area (Å²) >= 11 is 0. The number of aryl methyl sites for hydroxylation is 1. The fraction of sp³-hybridized carbons (Fsp3) is 0.407. The number of halogens is 3. The van der Waals surface area contributed by atoms with E-state index >= 15 is 0 Å². The number of amides is 1. The SMILES string of the molecule is CCOc1ccc(-c2nc(NC)nc(N3CCC(C(=O)NCc4ccccc4C(F)(F)F)CC3)n2)cc1C. The molecule has 1 fully saturated rings. The molecule has 1 aliphatic rings. The number of anilines is 2. The van der Waals surface area contributed by atoms with Gasteiger partial charge in [0.25, 0.3) is 0 Å². The Balaban J connectivity index is 1.41. The van der Waals surface area contributed by atoms with Crippen LogP contribution >= 0.6 is 0 Å². The first-order chi connectivity index (χ1) is 18.2. The molecule has 0 bridgehead atoms. The summed E-state index contributed by atoms with van der Waals surface area (Å²) in [5.41, 5.74) is 1.12. The molecule has 0 atom stereocenters. The number of nitrogens with one attached hydrogen (secondary N) is 2. The van der Waals surface area contributed by atoms with Crippen LogP contribution < -0.4 is 20.3 Å². The minimum atomic E-state index is -4.47. The number of rotatable bonds is 8. The van der Waals surface area contributed by atoms with E-state index in [1.165, 1.54) is 18.2 Å². The summed E-state index contributed by atoms with van der Waals surface area (Å²) in [4.78, 5) is 28.5. The van der Waals surface area contributed by atoms with Gasteiger partial charge >= 0.3 is 6.18 Å². The summed E-state index contributed by atoms with van der Waals surface area (Å²) in [5.74, 6) is 1.71. The molecule has 0 spiro atoms. The molecule has 1 aliphatic heterocycles. The second-order valence-corrected chi connectivity index (χ2v) is 9.08. The smallest absolute Gasteiger partial charge is 0.416 e. The third-order valence-electron chi connectivity index (χ3n) is 6.50. The summed E-state index contributed by atoms with van der Waals surface area (Å²) in [6.07, 6.45) is -3.40. The minimum absolute atomic E-state index is 0.0487. The molecule has 2 heterocycles. The number of benzene rings is 2. The van der Waals surface area contributed by atoms with Gasteiger partial charge in [-0.05, 0) is 62.1 Å². The van der Waals surface area contributed by atoms with Gasteiger partial charge in [0.1, 0.15) is 5.75 Å². The second-order valence-electron chi connectivity index (χ2n) is 9.08. The Morgan fingerprint density at radius 2 is 1.84 bits per heavy atom. The Bertz CT molecular complexity index is 1280. The van der Waals surface area contributed by atoms with Crippen LogP contribution in [0.2, 0.25) is 0 Å². The van der Waals surface area contributed by atoms with Gasteiger partial charge in [0.15, 0.2) is 5.82 Å². The Hall–Kier alpha value is -3.89. The quantitative estimate of drug-likeness (QED) is 0.432. The van der Waals surface area contributed by atoms with E-state index in [1.54, 1.807) is 7.05 Å². The normalized spacial score (nSPS) is 14.3. The maximum absolute atomic E-state index is 13.2. The van der Waals surface area contributed by atoms with Gasteiger partial charge in [-0.15, -0.1) is 0 Å². The van der Waals surface area contributed by atoms with Gasteiger partial charge in [-0.3, -0.25) is 4.79 Å². The van der Waals surface area contributed by atoms with Crippen molar-refractivity contribution in [2.24, 2.45) is 5.92 Å². The number of hydrogen-bond acceptors (Lipinski definition) is 7. The monoisotopic (exact) mass is 528 g/mol. The molecular weight excluding hydrogens is 497 g/mol. The highest BCUT2D eigenvalue weighted by molar-refractivity contribution is 5.79. The predicted octanol–water partition coefficient (Wildman–Crippen LogP) is 4.84. The molecule has 4 rings (SSSR count). The molecule has 2 N–H and O–H groups in total. The number of carbonyl (C=O) groups excluding carboxylic acids is 1. The number of ether oxygens (including phenoxy) is 1. The third-order valence-corrected chi connectivity index (χ3v) is 6.50. The molecule has 8 nitrogen and oxygen atoms in total. The van der Waals surface area contributed by atoms with Crippen LogP contribution in [-0.4, -0.2) is 47.6 Å². The average molecular weight is 529 g/mol. The zero-order valence-electron chi connectivity index (χ0n) is 21.6. The van der Waals surface area contributed by atoms with Gasteiger partial charge in [-0.25, -0.2) is 0 Å². The van der Waals surface area contributed by atoms with Crippen LogP contribution in [0.3, 0.4) is 0 Å². The van der Waals surface area contributed by atoms with Gasteiger partial charge in [0.05, 0.1) is 12.2 Å². The number of hydrogen-bond donors (Lipinski definition) is 2. The molecule has 0 aliphatic carbocycles. The van der Waals surface area contributed by atoms with E-state index in [4.69, 9.17) is 4.74 Å². The molecule has 3 aromatic rings. The predicted molar refractivity (Wildman–Crippen MR) is 139 cm³/mol. The van der Waals surface area contributed by atoms with Crippen LogP contribution in [0.5, 0.6) is 5.75 Å². The lowest BCUT2D eigenvalue weighted by atomic mass is 9.96. The van der Waals surface area contributed by atoms with E-state index in [0.29, 0.717) is 50.3 Å². The average Bonchev–Trinajstić information content (AvgIpc) is 2.92. The molecule has 0 radical (unpaired) electrons. The second kappa shape index (κ2) is 11.7. The number of alkyl halides is 3. The van der Waals surface area contributed by atoms with Crippen molar-refractivity contribution < 1.29 is 22.7 Å². The van der Waals surface area contributed by atoms with Crippen molar-refractivity contribution in [3.63, 3.8) is 0 Å². The van der Waals surface area contributed by atoms with E-state index in [2.05, 4.69) is 25.6 Å². The number of piperidine rings is 1. The van der Waals surface area contributed by atoms with Crippen LogP contribution in [-0.2, 0) is 17.5 Å². The summed E-state index contributed by atoms with van der Waals surface area (Å²) in [7, 11) is 1.74. The Labute approximate surface area is 219 Å². The molecule has 1 aromatic heterocycles. The van der Waals surface area contributed by atoms with Crippen LogP contribution in [0, 0.1) is 12.8 Å². The first-order valence-corrected chi connectivity index (χ1v) is 12.5. The fourth-order valence-electron chi connectivity index (χ4n) is 4.47. The lowest BCUT2D eigenvalue weighted by Crippen LogP contribution is -2.41. The minimum Gasteiger partial charge on any atom is -0.494 e. The van der Waals surface area contributed by atoms with Gasteiger partial charge in [-0.2, -0.15) is 28.1 Å². The number of aromatic nitrogens is 3. The number of nitrogens with zero attached hydrogens (tertiary/aromatic N) is 4. The van der Waals surface area contributed by atoms with Crippen molar-refractivity contribution in [3.05, 3.63) is 59.2 Å². The standard InChI is InChI=1S/C27H31F3N6O2/c1-4-38-22-10-9-19(15-17(22)2)23-33-25(31-3)35-26(34-23)36-13-11-18(12-14-36)24(37)32-16-20-7-5-6-8-21(20)27(28,29)30/h5-10,15,18H,4,11-14,16H2,1-3H3,(H,32,37)(H,31,33,34,35). The maximum atomic E-state index is 13.2. The van der Waals surface area contributed by atoms with Crippen molar-refractivity contribution in [3.8, 4) is 17.1 Å². The highest BCUT2D eigenvalue weighted by atomic mass is 19.4. The van der Waals surface area contributed by atoms with Crippen molar-refractivity contribution in [2.75, 3.05) is 37.0 Å². The van der Waals surface area contributed by atoms with Gasteiger partial charge in [-0.1, -0.05) is 18.2 Å². The van der Waals surface area contributed by atoms with Crippen LogP contribution in [0.1, 0.15) is 36.5 Å². The first kappa shape index (κ1) is 27.2. The van der Waals surface area contributed by atoms with E-state index < -0.39 is 11.7 Å². The van der Waals surface area contributed by atoms with Crippen molar-refractivity contribution in [1.82, 2.24) is 20.3 Å². The molecule has 0 saturated carbocycles. The largest absolute Gasteiger partial charge is 0.494 e. The highest BCUT2D eigenvalue weighted by Gasteiger charge is 2.33. The van der Waals surface area contributed by atoms with E-state index in [-0.39, 0.29) is 23.9 Å². The molecule has 1 amide bonds. The third kappa shape index (κ3) is 6.32. The van der Waals surface area contributed by atoms with Crippen molar-refractivity contribution in [1.29, 1.82) is 0 Å². The summed E-state index contributed by atoms with van der Waals surface area (Å²) in [6.45, 7) is 5.38. The maximum Gasteiger partial charge on any atom is 0.416 e. The lowest BCUT2D eigenvalue weighted by molar-refractivity contribution is -0.138. The summed E-state index contributed by atoms with van der Waals surface area (Å²) in [5, 5.41) is 5.66. The summed E-state index contributed by atoms with van der Waals surface area (Å²) in [6, 6.07) is 11.1. The number of carbonyl (C=O) groups is 1. The van der Waals surface area contributed by atoms with Gasteiger partial charge in [0, 0.05) is 38.2 Å². The van der Waals surface area contributed by atoms with Gasteiger partial charge < -0.3 is 20.3 Å². The van der Waals surface area contributed by atoms with E-state index in [9.17, 15) is 18.0 Å². The van der Waals surface area contributed by atoms with E-state index in [0.717, 1.165) is 22.9 Å². The van der Waals surface area contributed by atoms with Crippen molar-refractivity contribution in [2.45, 2.75) is 39.4 Å². The summed E-state index contributed by atoms with van der Waals surface area (Å²) < 4.78 is 45.4. The lowest BCUT2D eigenvalue weighted by Gasteiger charge is -2.31. The Morgan fingerprint density at radius 1 is 1.11 bits per heavy atom. The molecule has 2 aromatic carbocycles. The van der Waals surface area contributed by atoms with Gasteiger partial charge in [0.2, 0.25) is 17.8 Å². The van der Waals surface area contributed by atoms with Crippen LogP contribution in [0.4, 0.5) is 25.1 Å². The fourth-order valence-corrected chi connectivity index (χ4v) is 4.47. The molecule has 1 saturated heterocycles. The molecular formula is C27H31F3N6O2. The Kier molecular flexibility index (Phi) is 8.33. The Morgan fingerprint density at radius 3 is 2.50 bits per heavy atom. The zero-order chi connectivity index (χ0) is 27.3. The van der Waals surface area contributed by atoms with Crippen LogP contribution in [0.25, 0.3) is 11.4 Å². The zero-order valence-corrected chi connectivity index (χ0v) is 21.6. The highest BCUT2D eigenvalue weighted by Crippen LogP contribution is 2.32. The topological polar surface area (TPSA) is 92.3 Å². The van der Waals surface area contributed by atoms with Crippen LogP contribution in [0.15, 0.2) is 42.5 Å².